The Morgan fingerprint density at radius 1 is 0.931 bits per heavy atom. The predicted octanol–water partition coefficient (Wildman–Crippen LogP) is 2.88. The van der Waals surface area contributed by atoms with Crippen LogP contribution in [-0.2, 0) is 4.74 Å². The highest BCUT2D eigenvalue weighted by Crippen LogP contribution is 2.57. The first-order valence-corrected chi connectivity index (χ1v) is 9.66. The fourth-order valence-electron chi connectivity index (χ4n) is 5.01. The number of methoxy groups -OCH3 is 3. The Labute approximate surface area is 169 Å². The average molecular weight is 400 g/mol. The van der Waals surface area contributed by atoms with E-state index in [9.17, 15) is 5.11 Å². The van der Waals surface area contributed by atoms with Gasteiger partial charge in [-0.05, 0) is 41.0 Å². The lowest BCUT2D eigenvalue weighted by molar-refractivity contribution is 0.0694. The fraction of sp³-hybridized carbons (Fsp3) is 0.455. The maximum Gasteiger partial charge on any atom is 0.231 e. The number of aliphatic hydroxyl groups is 1. The Morgan fingerprint density at radius 3 is 2.17 bits per heavy atom. The molecule has 2 aliphatic heterocycles. The van der Waals surface area contributed by atoms with Crippen LogP contribution in [0.15, 0.2) is 24.3 Å². The summed E-state index contributed by atoms with van der Waals surface area (Å²) in [6, 6.07) is 8.01. The molecule has 0 saturated carbocycles. The molecular formula is C22H24O7. The van der Waals surface area contributed by atoms with Gasteiger partial charge in [-0.15, -0.1) is 0 Å². The molecule has 1 fully saturated rings. The largest absolute Gasteiger partial charge is 0.493 e. The normalized spacial score (nSPS) is 26.2. The van der Waals surface area contributed by atoms with Crippen LogP contribution in [0.4, 0.5) is 0 Å². The Kier molecular flexibility index (Phi) is 4.44. The number of hydrogen-bond acceptors (Lipinski definition) is 7. The van der Waals surface area contributed by atoms with Gasteiger partial charge in [-0.2, -0.15) is 0 Å². The molecule has 2 aromatic carbocycles. The predicted molar refractivity (Wildman–Crippen MR) is 103 cm³/mol. The van der Waals surface area contributed by atoms with E-state index in [-0.39, 0.29) is 37.3 Å². The molecule has 0 radical (unpaired) electrons. The highest BCUT2D eigenvalue weighted by Gasteiger charge is 2.49. The van der Waals surface area contributed by atoms with E-state index in [4.69, 9.17) is 28.4 Å². The topological polar surface area (TPSA) is 75.6 Å². The Balaban J connectivity index is 1.71. The molecule has 29 heavy (non-hydrogen) atoms. The number of aliphatic hydroxyl groups excluding tert-OH is 1. The third kappa shape index (κ3) is 2.64. The Bertz CT molecular complexity index is 916. The van der Waals surface area contributed by atoms with Crippen LogP contribution in [0.1, 0.15) is 28.7 Å². The summed E-state index contributed by atoms with van der Waals surface area (Å²) in [5.41, 5.74) is 3.19. The molecule has 0 spiro atoms. The van der Waals surface area contributed by atoms with Gasteiger partial charge in [0.05, 0.1) is 34.0 Å². The van der Waals surface area contributed by atoms with Crippen LogP contribution in [0.3, 0.4) is 0 Å². The summed E-state index contributed by atoms with van der Waals surface area (Å²) in [5, 5.41) is 10.1. The van der Waals surface area contributed by atoms with Gasteiger partial charge in [0.1, 0.15) is 0 Å². The quantitative estimate of drug-likeness (QED) is 0.827. The van der Waals surface area contributed by atoms with Gasteiger partial charge in [0.15, 0.2) is 23.0 Å². The molecule has 3 aliphatic rings. The van der Waals surface area contributed by atoms with E-state index in [1.54, 1.807) is 21.3 Å². The van der Waals surface area contributed by atoms with Crippen LogP contribution in [0.25, 0.3) is 0 Å². The molecule has 0 amide bonds. The van der Waals surface area contributed by atoms with Gasteiger partial charge in [0.25, 0.3) is 0 Å². The molecule has 154 valence electrons. The minimum atomic E-state index is -0.146. The van der Waals surface area contributed by atoms with Crippen molar-refractivity contribution < 1.29 is 33.5 Å². The van der Waals surface area contributed by atoms with Crippen molar-refractivity contribution in [2.24, 2.45) is 11.8 Å². The smallest absolute Gasteiger partial charge is 0.231 e. The number of benzene rings is 2. The van der Waals surface area contributed by atoms with Crippen molar-refractivity contribution in [1.29, 1.82) is 0 Å². The zero-order chi connectivity index (χ0) is 20.1. The third-order valence-electron chi connectivity index (χ3n) is 6.31. The highest BCUT2D eigenvalue weighted by atomic mass is 16.7. The average Bonchev–Trinajstić information content (AvgIpc) is 3.35. The second-order valence-electron chi connectivity index (χ2n) is 7.53. The van der Waals surface area contributed by atoms with Gasteiger partial charge in [0, 0.05) is 24.4 Å². The summed E-state index contributed by atoms with van der Waals surface area (Å²) < 4.78 is 34.0. The van der Waals surface area contributed by atoms with Crippen molar-refractivity contribution in [3.63, 3.8) is 0 Å². The first-order valence-electron chi connectivity index (χ1n) is 9.66. The number of fused-ring (bicyclic) bond motifs is 5. The number of ether oxygens (including phenoxy) is 6. The molecule has 7 nitrogen and oxygen atoms in total. The van der Waals surface area contributed by atoms with Gasteiger partial charge in [-0.25, -0.2) is 0 Å². The molecule has 1 aliphatic carbocycles. The van der Waals surface area contributed by atoms with E-state index in [1.807, 2.05) is 24.3 Å². The molecule has 1 saturated heterocycles. The molecule has 5 rings (SSSR count). The van der Waals surface area contributed by atoms with Crippen molar-refractivity contribution in [1.82, 2.24) is 0 Å². The molecule has 2 heterocycles. The van der Waals surface area contributed by atoms with Crippen molar-refractivity contribution in [2.45, 2.75) is 12.0 Å². The highest BCUT2D eigenvalue weighted by molar-refractivity contribution is 5.59. The van der Waals surface area contributed by atoms with Crippen LogP contribution < -0.4 is 23.7 Å². The minimum Gasteiger partial charge on any atom is -0.493 e. The summed E-state index contributed by atoms with van der Waals surface area (Å²) in [4.78, 5) is 0. The molecule has 0 aromatic heterocycles. The van der Waals surface area contributed by atoms with Crippen LogP contribution in [0, 0.1) is 11.8 Å². The summed E-state index contributed by atoms with van der Waals surface area (Å²) >= 11 is 0. The summed E-state index contributed by atoms with van der Waals surface area (Å²) in [6.45, 7) is 0.841. The zero-order valence-corrected chi connectivity index (χ0v) is 16.6. The minimum absolute atomic E-state index is 0.00645. The maximum absolute atomic E-state index is 10.1. The molecule has 2 aromatic rings. The molecule has 4 atom stereocenters. The van der Waals surface area contributed by atoms with Crippen LogP contribution in [0.5, 0.6) is 28.7 Å². The zero-order valence-electron chi connectivity index (χ0n) is 16.6. The monoisotopic (exact) mass is 400 g/mol. The lowest BCUT2D eigenvalue weighted by Crippen LogP contribution is -2.31. The molecule has 2 bridgehead atoms. The lowest BCUT2D eigenvalue weighted by Gasteiger charge is -2.36. The van der Waals surface area contributed by atoms with Crippen LogP contribution in [0.2, 0.25) is 0 Å². The summed E-state index contributed by atoms with van der Waals surface area (Å²) in [6.07, 6.45) is -0.146. The fourth-order valence-corrected chi connectivity index (χ4v) is 5.01. The van der Waals surface area contributed by atoms with Gasteiger partial charge < -0.3 is 33.5 Å². The second-order valence-corrected chi connectivity index (χ2v) is 7.53. The van der Waals surface area contributed by atoms with E-state index in [1.165, 1.54) is 0 Å². The molecule has 1 N–H and O–H groups in total. The number of hydrogen-bond donors (Lipinski definition) is 1. The first-order chi connectivity index (χ1) is 14.2. The first kappa shape index (κ1) is 18.4. The van der Waals surface area contributed by atoms with E-state index in [0.29, 0.717) is 23.9 Å². The van der Waals surface area contributed by atoms with Gasteiger partial charge in [0.2, 0.25) is 12.5 Å². The SMILES string of the molecule is COc1cc([C@H]2c3cc4c(cc3[C@@H]3OC[C@@H]2C3CO)OCO4)cc(OC)c1OC. The molecule has 1 unspecified atom stereocenters. The van der Waals surface area contributed by atoms with E-state index < -0.39 is 0 Å². The molecule has 7 heteroatoms. The Morgan fingerprint density at radius 2 is 1.59 bits per heavy atom. The van der Waals surface area contributed by atoms with Crippen molar-refractivity contribution in [3.05, 3.63) is 41.0 Å². The molecular weight excluding hydrogens is 376 g/mol. The van der Waals surface area contributed by atoms with E-state index in [2.05, 4.69) is 0 Å². The second kappa shape index (κ2) is 7.00. The van der Waals surface area contributed by atoms with E-state index in [0.717, 1.165) is 28.2 Å². The van der Waals surface area contributed by atoms with E-state index >= 15 is 0 Å². The van der Waals surface area contributed by atoms with Gasteiger partial charge in [-0.1, -0.05) is 0 Å². The van der Waals surface area contributed by atoms with Crippen LogP contribution in [-0.4, -0.2) is 46.4 Å². The van der Waals surface area contributed by atoms with Crippen molar-refractivity contribution in [2.75, 3.05) is 41.3 Å². The number of rotatable bonds is 5. The Hall–Kier alpha value is -2.64. The standard InChI is InChI=1S/C22H24O7/c1-24-18-4-11(5-19(25-2)22(18)26-3)20-12-6-16-17(29-10-28-16)7-13(12)21-14(8-23)15(20)9-27-21/h4-7,14-15,20-21,23H,8-10H2,1-3H3/t14?,15-,20+,21+/m1/s1. The van der Waals surface area contributed by atoms with Crippen molar-refractivity contribution in [3.8, 4) is 28.7 Å². The van der Waals surface area contributed by atoms with Gasteiger partial charge >= 0.3 is 0 Å². The third-order valence-corrected chi connectivity index (χ3v) is 6.31. The van der Waals surface area contributed by atoms with Crippen molar-refractivity contribution >= 4 is 0 Å². The summed E-state index contributed by atoms with van der Waals surface area (Å²) in [7, 11) is 4.81. The van der Waals surface area contributed by atoms with Crippen LogP contribution >= 0.6 is 0 Å². The van der Waals surface area contributed by atoms with Gasteiger partial charge in [-0.3, -0.25) is 0 Å². The lowest BCUT2D eigenvalue weighted by atomic mass is 9.67. The maximum atomic E-state index is 10.1. The summed E-state index contributed by atoms with van der Waals surface area (Å²) in [5.74, 6) is 3.34.